The number of benzene rings is 1. The van der Waals surface area contributed by atoms with E-state index >= 15 is 0 Å². The van der Waals surface area contributed by atoms with Crippen LogP contribution in [0, 0.1) is 12.3 Å². The first-order valence-electron chi connectivity index (χ1n) is 7.03. The van der Waals surface area contributed by atoms with E-state index in [4.69, 9.17) is 4.74 Å². The highest BCUT2D eigenvalue weighted by Gasteiger charge is 2.37. The number of fused-ring (bicyclic) bond motifs is 1. The SMILES string of the molecule is COCc1c(CCO)c(C)c(O)c2c1C[C@@](C)(CO)C2. The molecular formula is C16H24O4. The normalized spacial score (nSPS) is 21.2. The lowest BCUT2D eigenvalue weighted by molar-refractivity contribution is 0.150. The molecule has 0 saturated carbocycles. The van der Waals surface area contributed by atoms with Gasteiger partial charge in [-0.25, -0.2) is 0 Å². The van der Waals surface area contributed by atoms with Gasteiger partial charge in [0.2, 0.25) is 0 Å². The summed E-state index contributed by atoms with van der Waals surface area (Å²) in [6.45, 7) is 4.54. The Morgan fingerprint density at radius 2 is 1.80 bits per heavy atom. The van der Waals surface area contributed by atoms with Crippen LogP contribution in [0.2, 0.25) is 0 Å². The molecule has 0 radical (unpaired) electrons. The second kappa shape index (κ2) is 5.72. The van der Waals surface area contributed by atoms with Crippen LogP contribution in [0.4, 0.5) is 0 Å². The van der Waals surface area contributed by atoms with Gasteiger partial charge in [-0.3, -0.25) is 0 Å². The highest BCUT2D eigenvalue weighted by molar-refractivity contribution is 5.57. The van der Waals surface area contributed by atoms with Gasteiger partial charge in [-0.1, -0.05) is 6.92 Å². The zero-order valence-corrected chi connectivity index (χ0v) is 12.5. The molecule has 2 rings (SSSR count). The van der Waals surface area contributed by atoms with Gasteiger partial charge in [-0.15, -0.1) is 0 Å². The van der Waals surface area contributed by atoms with Crippen molar-refractivity contribution in [3.05, 3.63) is 27.8 Å². The van der Waals surface area contributed by atoms with Gasteiger partial charge in [0.15, 0.2) is 0 Å². The smallest absolute Gasteiger partial charge is 0.122 e. The lowest BCUT2D eigenvalue weighted by Crippen LogP contribution is -2.21. The van der Waals surface area contributed by atoms with Crippen LogP contribution in [0.1, 0.15) is 34.7 Å². The fourth-order valence-electron chi connectivity index (χ4n) is 3.30. The summed E-state index contributed by atoms with van der Waals surface area (Å²) in [5, 5.41) is 29.3. The van der Waals surface area contributed by atoms with Crippen LogP contribution in [0.15, 0.2) is 0 Å². The summed E-state index contributed by atoms with van der Waals surface area (Å²) in [6, 6.07) is 0. The van der Waals surface area contributed by atoms with Crippen molar-refractivity contribution in [3.63, 3.8) is 0 Å². The Labute approximate surface area is 120 Å². The molecule has 4 nitrogen and oxygen atoms in total. The van der Waals surface area contributed by atoms with Crippen molar-refractivity contribution in [2.75, 3.05) is 20.3 Å². The van der Waals surface area contributed by atoms with Crippen LogP contribution in [0.3, 0.4) is 0 Å². The maximum atomic E-state index is 10.4. The van der Waals surface area contributed by atoms with Crippen LogP contribution in [-0.2, 0) is 30.6 Å². The average molecular weight is 280 g/mol. The fraction of sp³-hybridized carbons (Fsp3) is 0.625. The maximum absolute atomic E-state index is 10.4. The molecule has 0 amide bonds. The number of rotatable bonds is 5. The second-order valence-corrected chi connectivity index (χ2v) is 6.12. The van der Waals surface area contributed by atoms with E-state index in [9.17, 15) is 15.3 Å². The molecule has 0 aliphatic heterocycles. The zero-order valence-electron chi connectivity index (χ0n) is 12.5. The molecule has 0 fully saturated rings. The first-order chi connectivity index (χ1) is 9.47. The molecule has 0 bridgehead atoms. The van der Waals surface area contributed by atoms with Gasteiger partial charge >= 0.3 is 0 Å². The number of hydrogen-bond acceptors (Lipinski definition) is 4. The Kier molecular flexibility index (Phi) is 4.37. The lowest BCUT2D eigenvalue weighted by Gasteiger charge is -2.20. The van der Waals surface area contributed by atoms with Crippen molar-refractivity contribution in [1.29, 1.82) is 0 Å². The Morgan fingerprint density at radius 3 is 2.35 bits per heavy atom. The molecule has 1 atom stereocenters. The minimum atomic E-state index is -0.216. The van der Waals surface area contributed by atoms with Crippen LogP contribution in [0.25, 0.3) is 0 Å². The highest BCUT2D eigenvalue weighted by Crippen LogP contribution is 2.45. The summed E-state index contributed by atoms with van der Waals surface area (Å²) >= 11 is 0. The largest absolute Gasteiger partial charge is 0.507 e. The van der Waals surface area contributed by atoms with E-state index < -0.39 is 0 Å². The van der Waals surface area contributed by atoms with Gasteiger partial charge in [0.1, 0.15) is 5.75 Å². The summed E-state index contributed by atoms with van der Waals surface area (Å²) in [4.78, 5) is 0. The summed E-state index contributed by atoms with van der Waals surface area (Å²) < 4.78 is 5.31. The summed E-state index contributed by atoms with van der Waals surface area (Å²) in [7, 11) is 1.65. The number of hydrogen-bond donors (Lipinski definition) is 3. The molecule has 1 aliphatic rings. The van der Waals surface area contributed by atoms with E-state index in [1.54, 1.807) is 7.11 Å². The highest BCUT2D eigenvalue weighted by atomic mass is 16.5. The molecular weight excluding hydrogens is 256 g/mol. The number of phenols is 1. The monoisotopic (exact) mass is 280 g/mol. The van der Waals surface area contributed by atoms with Gasteiger partial charge in [0.05, 0.1) is 6.61 Å². The van der Waals surface area contributed by atoms with Crippen LogP contribution < -0.4 is 0 Å². The van der Waals surface area contributed by atoms with Crippen molar-refractivity contribution in [1.82, 2.24) is 0 Å². The number of ether oxygens (including phenoxy) is 1. The molecule has 1 aliphatic carbocycles. The van der Waals surface area contributed by atoms with Crippen LogP contribution >= 0.6 is 0 Å². The van der Waals surface area contributed by atoms with Gasteiger partial charge in [-0.2, -0.15) is 0 Å². The lowest BCUT2D eigenvalue weighted by atomic mass is 9.88. The maximum Gasteiger partial charge on any atom is 0.122 e. The molecule has 0 unspecified atom stereocenters. The number of aromatic hydroxyl groups is 1. The predicted molar refractivity (Wildman–Crippen MR) is 76.9 cm³/mol. The molecule has 0 heterocycles. The van der Waals surface area contributed by atoms with E-state index in [-0.39, 0.29) is 18.6 Å². The molecule has 0 saturated heterocycles. The molecule has 0 spiro atoms. The third-order valence-corrected chi connectivity index (χ3v) is 4.43. The molecule has 20 heavy (non-hydrogen) atoms. The van der Waals surface area contributed by atoms with Crippen molar-refractivity contribution < 1.29 is 20.1 Å². The van der Waals surface area contributed by atoms with E-state index in [0.717, 1.165) is 34.2 Å². The Hall–Kier alpha value is -1.10. The Balaban J connectivity index is 2.61. The first kappa shape index (κ1) is 15.3. The number of aliphatic hydroxyl groups excluding tert-OH is 2. The molecule has 1 aromatic rings. The number of methoxy groups -OCH3 is 1. The Morgan fingerprint density at radius 1 is 1.15 bits per heavy atom. The third-order valence-electron chi connectivity index (χ3n) is 4.43. The second-order valence-electron chi connectivity index (χ2n) is 6.12. The standard InChI is InChI=1S/C16H24O4/c1-10-11(4-5-17)14(8-20-3)12-6-16(2,9-18)7-13(12)15(10)19/h17-19H,4-9H2,1-3H3/t16-/m1/s1. The average Bonchev–Trinajstić information content (AvgIpc) is 2.79. The molecule has 0 aromatic heterocycles. The van der Waals surface area contributed by atoms with Crippen LogP contribution in [-0.4, -0.2) is 35.6 Å². The number of aliphatic hydroxyl groups is 2. The molecule has 4 heteroatoms. The van der Waals surface area contributed by atoms with Crippen molar-refractivity contribution in [2.45, 2.75) is 39.7 Å². The quantitative estimate of drug-likeness (QED) is 0.764. The van der Waals surface area contributed by atoms with Gasteiger partial charge in [0, 0.05) is 20.3 Å². The summed E-state index contributed by atoms with van der Waals surface area (Å²) in [5.41, 5.74) is 4.69. The zero-order chi connectivity index (χ0) is 14.9. The minimum Gasteiger partial charge on any atom is -0.507 e. The minimum absolute atomic E-state index is 0.0487. The van der Waals surface area contributed by atoms with Crippen molar-refractivity contribution >= 4 is 0 Å². The van der Waals surface area contributed by atoms with Gasteiger partial charge in [0.25, 0.3) is 0 Å². The van der Waals surface area contributed by atoms with Crippen molar-refractivity contribution in [3.8, 4) is 5.75 Å². The first-order valence-corrected chi connectivity index (χ1v) is 7.03. The van der Waals surface area contributed by atoms with E-state index in [0.29, 0.717) is 25.2 Å². The summed E-state index contributed by atoms with van der Waals surface area (Å²) in [6.07, 6.45) is 1.94. The predicted octanol–water partition coefficient (Wildman–Crippen LogP) is 1.48. The van der Waals surface area contributed by atoms with Crippen molar-refractivity contribution in [2.24, 2.45) is 5.41 Å². The summed E-state index contributed by atoms with van der Waals surface area (Å²) in [5.74, 6) is 0.320. The van der Waals surface area contributed by atoms with E-state index in [1.165, 1.54) is 0 Å². The molecule has 112 valence electrons. The fourth-order valence-corrected chi connectivity index (χ4v) is 3.30. The third kappa shape index (κ3) is 2.43. The molecule has 1 aromatic carbocycles. The topological polar surface area (TPSA) is 69.9 Å². The molecule has 3 N–H and O–H groups in total. The van der Waals surface area contributed by atoms with E-state index in [2.05, 4.69) is 0 Å². The Bertz CT molecular complexity index is 510. The van der Waals surface area contributed by atoms with Gasteiger partial charge in [-0.05, 0) is 59.4 Å². The number of phenolic OH excluding ortho intramolecular Hbond substituents is 1. The van der Waals surface area contributed by atoms with E-state index in [1.807, 2.05) is 13.8 Å². The van der Waals surface area contributed by atoms with Gasteiger partial charge < -0.3 is 20.1 Å². The van der Waals surface area contributed by atoms with Crippen LogP contribution in [0.5, 0.6) is 5.75 Å².